The molecule has 3 aromatic rings. The lowest BCUT2D eigenvalue weighted by Crippen LogP contribution is -2.27. The van der Waals surface area contributed by atoms with Gasteiger partial charge in [0.25, 0.3) is 11.1 Å². The number of amides is 2. The van der Waals surface area contributed by atoms with Gasteiger partial charge in [0, 0.05) is 5.02 Å². The first-order valence-electron chi connectivity index (χ1n) is 9.47. The normalized spacial score (nSPS) is 14.8. The zero-order valence-electron chi connectivity index (χ0n) is 16.5. The summed E-state index contributed by atoms with van der Waals surface area (Å²) in [5, 5.41) is 0.310. The minimum atomic E-state index is -0.610. The van der Waals surface area contributed by atoms with Crippen molar-refractivity contribution >= 4 is 58.2 Å². The molecule has 0 radical (unpaired) electrons. The molecule has 0 unspecified atom stereocenters. The van der Waals surface area contributed by atoms with E-state index < -0.39 is 5.97 Å². The van der Waals surface area contributed by atoms with Crippen molar-refractivity contribution in [1.29, 1.82) is 0 Å². The number of thioether (sulfide) groups is 1. The average Bonchev–Trinajstić information content (AvgIpc) is 3.03. The molecule has 32 heavy (non-hydrogen) atoms. The van der Waals surface area contributed by atoms with Gasteiger partial charge in [0.15, 0.2) is 0 Å². The Kier molecular flexibility index (Phi) is 6.65. The number of esters is 1. The molecule has 0 aromatic heterocycles. The lowest BCUT2D eigenvalue weighted by Gasteiger charge is -2.12. The Morgan fingerprint density at radius 1 is 0.969 bits per heavy atom. The first kappa shape index (κ1) is 22.1. The second kappa shape index (κ2) is 9.61. The van der Waals surface area contributed by atoms with Crippen LogP contribution in [-0.2, 0) is 11.3 Å². The maximum atomic E-state index is 12.7. The summed E-state index contributed by atoms with van der Waals surface area (Å²) < 4.78 is 5.35. The van der Waals surface area contributed by atoms with Crippen LogP contribution in [0.3, 0.4) is 0 Å². The first-order valence-corrected chi connectivity index (χ1v) is 11.0. The molecule has 1 saturated heterocycles. The number of carbonyl (C=O) groups excluding carboxylic acids is 3. The fourth-order valence-electron chi connectivity index (χ4n) is 3.00. The van der Waals surface area contributed by atoms with Gasteiger partial charge in [-0.3, -0.25) is 14.5 Å². The molecule has 1 aliphatic rings. The van der Waals surface area contributed by atoms with E-state index in [1.165, 1.54) is 17.0 Å². The standard InChI is InChI=1S/C24H15Cl2NO4S/c25-17-8-11-19(20(26)13-17)23(29)31-18-9-6-15(7-10-18)12-21-22(28)27(24(30)32-21)14-16-4-2-1-3-5-16/h1-13H,14H2/b21-12-. The summed E-state index contributed by atoms with van der Waals surface area (Å²) in [6.07, 6.45) is 1.64. The van der Waals surface area contributed by atoms with Gasteiger partial charge in [-0.15, -0.1) is 0 Å². The molecule has 8 heteroatoms. The summed E-state index contributed by atoms with van der Waals surface area (Å²) in [4.78, 5) is 38.9. The zero-order chi connectivity index (χ0) is 22.7. The van der Waals surface area contributed by atoms with Crippen molar-refractivity contribution in [2.45, 2.75) is 6.54 Å². The molecule has 1 heterocycles. The smallest absolute Gasteiger partial charge is 0.345 e. The van der Waals surface area contributed by atoms with E-state index in [1.54, 1.807) is 36.4 Å². The maximum absolute atomic E-state index is 12.7. The van der Waals surface area contributed by atoms with Crippen molar-refractivity contribution in [2.75, 3.05) is 0 Å². The molecule has 0 N–H and O–H groups in total. The predicted molar refractivity (Wildman–Crippen MR) is 126 cm³/mol. The van der Waals surface area contributed by atoms with Crippen molar-refractivity contribution in [3.05, 3.63) is 104 Å². The molecule has 160 valence electrons. The molecule has 0 bridgehead atoms. The Balaban J connectivity index is 1.44. The van der Waals surface area contributed by atoms with Crippen molar-refractivity contribution < 1.29 is 19.1 Å². The predicted octanol–water partition coefficient (Wildman–Crippen LogP) is 6.45. The van der Waals surface area contributed by atoms with Gasteiger partial charge >= 0.3 is 5.97 Å². The summed E-state index contributed by atoms with van der Waals surface area (Å²) in [5.74, 6) is -0.631. The number of carbonyl (C=O) groups is 3. The number of hydrogen-bond donors (Lipinski definition) is 0. The molecule has 1 aliphatic heterocycles. The van der Waals surface area contributed by atoms with Crippen LogP contribution in [0.2, 0.25) is 10.0 Å². The third kappa shape index (κ3) is 5.05. The molecule has 1 fully saturated rings. The van der Waals surface area contributed by atoms with E-state index in [2.05, 4.69) is 0 Å². The van der Waals surface area contributed by atoms with E-state index in [0.717, 1.165) is 17.3 Å². The van der Waals surface area contributed by atoms with Crippen LogP contribution in [0.5, 0.6) is 5.75 Å². The lowest BCUT2D eigenvalue weighted by molar-refractivity contribution is -0.123. The number of rotatable bonds is 5. The van der Waals surface area contributed by atoms with E-state index in [9.17, 15) is 14.4 Å². The molecule has 5 nitrogen and oxygen atoms in total. The molecule has 4 rings (SSSR count). The summed E-state index contributed by atoms with van der Waals surface area (Å²) in [6, 6.07) is 20.4. The summed E-state index contributed by atoms with van der Waals surface area (Å²) in [5.41, 5.74) is 1.77. The van der Waals surface area contributed by atoms with E-state index in [0.29, 0.717) is 21.2 Å². The Morgan fingerprint density at radius 3 is 2.38 bits per heavy atom. The Hall–Kier alpha value is -3.06. The highest BCUT2D eigenvalue weighted by Gasteiger charge is 2.34. The van der Waals surface area contributed by atoms with Crippen LogP contribution < -0.4 is 4.74 Å². The van der Waals surface area contributed by atoms with Crippen LogP contribution in [0.15, 0.2) is 77.7 Å². The quantitative estimate of drug-likeness (QED) is 0.237. The van der Waals surface area contributed by atoms with E-state index in [1.807, 2.05) is 30.3 Å². The van der Waals surface area contributed by atoms with Gasteiger partial charge in [-0.2, -0.15) is 0 Å². The maximum Gasteiger partial charge on any atom is 0.345 e. The van der Waals surface area contributed by atoms with E-state index >= 15 is 0 Å². The van der Waals surface area contributed by atoms with Crippen molar-refractivity contribution in [1.82, 2.24) is 4.90 Å². The van der Waals surface area contributed by atoms with Crippen molar-refractivity contribution in [3.8, 4) is 5.75 Å². The van der Waals surface area contributed by atoms with Gasteiger partial charge in [-0.25, -0.2) is 4.79 Å². The Morgan fingerprint density at radius 2 is 1.69 bits per heavy atom. The van der Waals surface area contributed by atoms with Crippen LogP contribution in [0, 0.1) is 0 Å². The van der Waals surface area contributed by atoms with E-state index in [-0.39, 0.29) is 28.3 Å². The number of hydrogen-bond acceptors (Lipinski definition) is 5. The van der Waals surface area contributed by atoms with Crippen LogP contribution in [0.4, 0.5) is 4.79 Å². The largest absolute Gasteiger partial charge is 0.423 e. The molecule has 0 atom stereocenters. The second-order valence-electron chi connectivity index (χ2n) is 6.84. The molecule has 0 spiro atoms. The highest BCUT2D eigenvalue weighted by atomic mass is 35.5. The highest BCUT2D eigenvalue weighted by Crippen LogP contribution is 2.33. The SMILES string of the molecule is O=C(Oc1ccc(/C=C2\SC(=O)N(Cc3ccccc3)C2=O)cc1)c1ccc(Cl)cc1Cl. The number of ether oxygens (including phenoxy) is 1. The number of nitrogens with zero attached hydrogens (tertiary/aromatic N) is 1. The zero-order valence-corrected chi connectivity index (χ0v) is 18.8. The molecular formula is C24H15Cl2NO4S. The fourth-order valence-corrected chi connectivity index (χ4v) is 4.33. The highest BCUT2D eigenvalue weighted by molar-refractivity contribution is 8.18. The number of imide groups is 1. The minimum Gasteiger partial charge on any atom is -0.423 e. The number of halogens is 2. The lowest BCUT2D eigenvalue weighted by atomic mass is 10.2. The summed E-state index contributed by atoms with van der Waals surface area (Å²) in [7, 11) is 0. The van der Waals surface area contributed by atoms with Gasteiger partial charge in [0.05, 0.1) is 22.0 Å². The van der Waals surface area contributed by atoms with E-state index in [4.69, 9.17) is 27.9 Å². The number of benzene rings is 3. The van der Waals surface area contributed by atoms with Crippen molar-refractivity contribution in [3.63, 3.8) is 0 Å². The Labute approximate surface area is 198 Å². The monoisotopic (exact) mass is 483 g/mol. The van der Waals surface area contributed by atoms with Gasteiger partial charge in [0.1, 0.15) is 5.75 Å². The van der Waals surface area contributed by atoms with Gasteiger partial charge in [-0.05, 0) is 59.3 Å². The molecule has 0 aliphatic carbocycles. The molecule has 0 saturated carbocycles. The van der Waals surface area contributed by atoms with Gasteiger partial charge in [-0.1, -0.05) is 65.7 Å². The topological polar surface area (TPSA) is 63.7 Å². The average molecular weight is 484 g/mol. The van der Waals surface area contributed by atoms with Gasteiger partial charge in [0.2, 0.25) is 0 Å². The van der Waals surface area contributed by atoms with Crippen molar-refractivity contribution in [2.24, 2.45) is 0 Å². The van der Waals surface area contributed by atoms with Crippen LogP contribution in [-0.4, -0.2) is 22.0 Å². The Bertz CT molecular complexity index is 1230. The minimum absolute atomic E-state index is 0.199. The molecule has 2 amide bonds. The molecule has 3 aromatic carbocycles. The van der Waals surface area contributed by atoms with Crippen LogP contribution >= 0.6 is 35.0 Å². The summed E-state index contributed by atoms with van der Waals surface area (Å²) >= 11 is 12.8. The van der Waals surface area contributed by atoms with Crippen LogP contribution in [0.1, 0.15) is 21.5 Å². The molecular weight excluding hydrogens is 469 g/mol. The summed E-state index contributed by atoms with van der Waals surface area (Å²) in [6.45, 7) is 0.227. The van der Waals surface area contributed by atoms with Crippen LogP contribution in [0.25, 0.3) is 6.08 Å². The third-order valence-corrected chi connectivity index (χ3v) is 6.05. The third-order valence-electron chi connectivity index (χ3n) is 4.60. The second-order valence-corrected chi connectivity index (χ2v) is 8.67. The van der Waals surface area contributed by atoms with Gasteiger partial charge < -0.3 is 4.74 Å². The fraction of sp³-hybridized carbons (Fsp3) is 0.0417. The first-order chi connectivity index (χ1) is 15.4.